The predicted molar refractivity (Wildman–Crippen MR) is 113 cm³/mol. The molecular weight excluding hydrogens is 415 g/mol. The number of fused-ring (bicyclic) bond motifs is 1. The van der Waals surface area contributed by atoms with Crippen molar-refractivity contribution in [1.29, 1.82) is 0 Å². The summed E-state index contributed by atoms with van der Waals surface area (Å²) in [5.41, 5.74) is 4.16. The van der Waals surface area contributed by atoms with Crippen LogP contribution in [0.2, 0.25) is 0 Å². The molecule has 0 saturated heterocycles. The van der Waals surface area contributed by atoms with Crippen molar-refractivity contribution in [2.75, 3.05) is 14.2 Å². The molecular formula is C17H27MgN3O7S+2. The fourth-order valence-electron chi connectivity index (χ4n) is 2.61. The predicted octanol–water partition coefficient (Wildman–Crippen LogP) is -0.780. The zero-order valence-electron chi connectivity index (χ0n) is 16.8. The third kappa shape index (κ3) is 6.60. The summed E-state index contributed by atoms with van der Waals surface area (Å²) in [5, 5.41) is 0.430. The third-order valence-corrected chi connectivity index (χ3v) is 5.06. The minimum atomic E-state index is -1.33. The van der Waals surface area contributed by atoms with Crippen molar-refractivity contribution in [3.05, 3.63) is 41.2 Å². The van der Waals surface area contributed by atoms with E-state index in [1.165, 1.54) is 0 Å². The minimum absolute atomic E-state index is 0. The maximum absolute atomic E-state index is 12.7. The van der Waals surface area contributed by atoms with Gasteiger partial charge in [0, 0.05) is 23.4 Å². The average molecular weight is 442 g/mol. The minimum Gasteiger partial charge on any atom is -0.497 e. The number of benzene rings is 1. The van der Waals surface area contributed by atoms with Crippen LogP contribution in [0.25, 0.3) is 11.0 Å². The molecule has 2 heterocycles. The van der Waals surface area contributed by atoms with Crippen molar-refractivity contribution in [2.45, 2.75) is 24.8 Å². The van der Waals surface area contributed by atoms with Crippen LogP contribution in [0.3, 0.4) is 0 Å². The summed E-state index contributed by atoms with van der Waals surface area (Å²) in [4.78, 5) is 11.9. The summed E-state index contributed by atoms with van der Waals surface area (Å²) >= 11 is 0. The van der Waals surface area contributed by atoms with Crippen LogP contribution in [-0.2, 0) is 16.6 Å². The van der Waals surface area contributed by atoms with Gasteiger partial charge in [-0.25, -0.2) is 4.98 Å². The number of aromatic amines is 1. The maximum Gasteiger partial charge on any atom is 2.00 e. The normalized spacial score (nSPS) is 10.2. The summed E-state index contributed by atoms with van der Waals surface area (Å²) < 4.78 is 23.3. The molecule has 0 aliphatic rings. The van der Waals surface area contributed by atoms with E-state index in [1.807, 2.05) is 32.0 Å². The molecule has 3 rings (SSSR count). The van der Waals surface area contributed by atoms with E-state index in [-0.39, 0.29) is 50.7 Å². The van der Waals surface area contributed by atoms with Crippen LogP contribution >= 0.6 is 0 Å². The van der Waals surface area contributed by atoms with Gasteiger partial charge in [-0.15, -0.1) is 0 Å². The van der Waals surface area contributed by atoms with Crippen molar-refractivity contribution in [3.8, 4) is 11.5 Å². The standard InChI is InChI=1S/C17H19N3O3S.Mg.4H2O/c1-10-8-18-15(11(2)16(10)23-4)9-24(21)17-19-13-6-5-12(22-3)7-14(13)20-17;;;;;/h5-8H,9H2,1-4H3,(H,19,20);;4*1H2/q;+2;;;;/t24-;;;;;/m0...../s1. The Bertz CT molecular complexity index is 937. The third-order valence-electron chi connectivity index (χ3n) is 3.90. The van der Waals surface area contributed by atoms with E-state index in [0.717, 1.165) is 39.4 Å². The van der Waals surface area contributed by atoms with Gasteiger partial charge in [0.05, 0.1) is 47.5 Å². The molecule has 0 aliphatic heterocycles. The summed E-state index contributed by atoms with van der Waals surface area (Å²) in [6, 6.07) is 5.50. The van der Waals surface area contributed by atoms with Gasteiger partial charge in [0.25, 0.3) is 0 Å². The number of hydrogen-bond acceptors (Lipinski definition) is 5. The molecule has 3 aromatic rings. The molecule has 9 N–H and O–H groups in total. The van der Waals surface area contributed by atoms with Gasteiger partial charge in [0.15, 0.2) is 5.16 Å². The van der Waals surface area contributed by atoms with Crippen LogP contribution in [0.4, 0.5) is 0 Å². The molecule has 0 aliphatic carbocycles. The molecule has 0 amide bonds. The number of aryl methyl sites for hydroxylation is 1. The molecule has 0 fully saturated rings. The molecule has 29 heavy (non-hydrogen) atoms. The molecule has 12 heteroatoms. The average Bonchev–Trinajstić information content (AvgIpc) is 3.01. The van der Waals surface area contributed by atoms with Crippen molar-refractivity contribution >= 4 is 44.9 Å². The molecule has 2 aromatic heterocycles. The Morgan fingerprint density at radius 1 is 1.07 bits per heavy atom. The van der Waals surface area contributed by atoms with E-state index < -0.39 is 10.8 Å². The van der Waals surface area contributed by atoms with Crippen molar-refractivity contribution in [1.82, 2.24) is 15.0 Å². The summed E-state index contributed by atoms with van der Waals surface area (Å²) in [7, 11) is 1.91. The topological polar surface area (TPSA) is 203 Å². The molecule has 0 bridgehead atoms. The Balaban J connectivity index is -0.00000135. The van der Waals surface area contributed by atoms with Crippen molar-refractivity contribution in [2.24, 2.45) is 0 Å². The number of H-pyrrole nitrogens is 1. The zero-order chi connectivity index (χ0) is 17.3. The largest absolute Gasteiger partial charge is 2.00 e. The number of imidazole rings is 1. The Morgan fingerprint density at radius 3 is 2.31 bits per heavy atom. The number of nitrogens with zero attached hydrogens (tertiary/aromatic N) is 2. The number of ether oxygens (including phenoxy) is 2. The fourth-order valence-corrected chi connectivity index (χ4v) is 3.71. The summed E-state index contributed by atoms with van der Waals surface area (Å²) in [6.07, 6.45) is 1.74. The molecule has 158 valence electrons. The van der Waals surface area contributed by atoms with Crippen molar-refractivity contribution in [3.63, 3.8) is 0 Å². The second-order valence-corrected chi connectivity index (χ2v) is 6.83. The van der Waals surface area contributed by atoms with Gasteiger partial charge in [-0.2, -0.15) is 0 Å². The number of hydrogen-bond donors (Lipinski definition) is 1. The number of nitrogens with one attached hydrogen (secondary N) is 1. The quantitative estimate of drug-likeness (QED) is 0.504. The zero-order valence-corrected chi connectivity index (χ0v) is 19.0. The number of pyridine rings is 1. The van der Waals surface area contributed by atoms with Gasteiger partial charge in [0.2, 0.25) is 0 Å². The molecule has 10 nitrogen and oxygen atoms in total. The Hall–Kier alpha value is -1.80. The van der Waals surface area contributed by atoms with Gasteiger partial charge >= 0.3 is 23.1 Å². The van der Waals surface area contributed by atoms with E-state index in [2.05, 4.69) is 15.0 Å². The first-order valence-corrected chi connectivity index (χ1v) is 8.76. The Kier molecular flexibility index (Phi) is 14.8. The second kappa shape index (κ2) is 13.4. The number of methoxy groups -OCH3 is 2. The first kappa shape index (κ1) is 31.9. The van der Waals surface area contributed by atoms with Crippen LogP contribution in [0.5, 0.6) is 11.5 Å². The SMILES string of the molecule is COc1ccc2nc([S@@](=O)Cc3ncc(C)c(OC)c3C)[nH]c2c1.O.O.O.O.[Mg+2]. The molecule has 0 spiro atoms. The van der Waals surface area contributed by atoms with E-state index in [9.17, 15) is 4.21 Å². The number of aromatic nitrogens is 3. The van der Waals surface area contributed by atoms with Crippen LogP contribution in [-0.4, -0.2) is 78.3 Å². The van der Waals surface area contributed by atoms with Crippen LogP contribution in [0, 0.1) is 13.8 Å². The molecule has 1 atom stereocenters. The van der Waals surface area contributed by atoms with Gasteiger partial charge < -0.3 is 36.4 Å². The molecule has 0 unspecified atom stereocenters. The summed E-state index contributed by atoms with van der Waals surface area (Å²) in [6.45, 7) is 3.86. The van der Waals surface area contributed by atoms with E-state index in [0.29, 0.717) is 5.16 Å². The Morgan fingerprint density at radius 2 is 1.72 bits per heavy atom. The van der Waals surface area contributed by atoms with Crippen LogP contribution in [0.1, 0.15) is 16.8 Å². The molecule has 0 saturated carbocycles. The fraction of sp³-hybridized carbons (Fsp3) is 0.294. The molecule has 1 aromatic carbocycles. The van der Waals surface area contributed by atoms with Gasteiger partial charge in [-0.05, 0) is 26.0 Å². The Labute approximate surface area is 186 Å². The van der Waals surface area contributed by atoms with E-state index in [1.54, 1.807) is 20.4 Å². The monoisotopic (exact) mass is 441 g/mol. The van der Waals surface area contributed by atoms with E-state index >= 15 is 0 Å². The van der Waals surface area contributed by atoms with Crippen LogP contribution in [0.15, 0.2) is 29.6 Å². The van der Waals surface area contributed by atoms with Gasteiger partial charge in [-0.3, -0.25) is 9.19 Å². The van der Waals surface area contributed by atoms with Gasteiger partial charge in [0.1, 0.15) is 11.5 Å². The second-order valence-electron chi connectivity index (χ2n) is 5.46. The molecule has 0 radical (unpaired) electrons. The van der Waals surface area contributed by atoms with Crippen molar-refractivity contribution < 1.29 is 35.6 Å². The number of rotatable bonds is 5. The first-order valence-electron chi connectivity index (χ1n) is 7.44. The van der Waals surface area contributed by atoms with E-state index in [4.69, 9.17) is 9.47 Å². The van der Waals surface area contributed by atoms with Crippen LogP contribution < -0.4 is 9.47 Å². The smallest absolute Gasteiger partial charge is 0.497 e. The van der Waals surface area contributed by atoms with Gasteiger partial charge in [-0.1, -0.05) is 0 Å². The summed E-state index contributed by atoms with van der Waals surface area (Å²) in [5.74, 6) is 1.79. The maximum atomic E-state index is 12.7. The first-order chi connectivity index (χ1) is 11.5.